The molecule has 2 aromatic rings. The molecular formula is C18H13N. The van der Waals surface area contributed by atoms with Gasteiger partial charge in [-0.2, -0.15) is 5.26 Å². The Morgan fingerprint density at radius 2 is 1.53 bits per heavy atom. The van der Waals surface area contributed by atoms with E-state index in [0.717, 1.165) is 12.8 Å². The molecule has 0 radical (unpaired) electrons. The minimum atomic E-state index is 0.0716. The lowest BCUT2D eigenvalue weighted by Crippen LogP contribution is -2.15. The van der Waals surface area contributed by atoms with Crippen LogP contribution < -0.4 is 0 Å². The number of nitriles is 1. The SMILES string of the molecule is N#CC1CC2=C1c1ccccc1Cc1ccccc12. The highest BCUT2D eigenvalue weighted by atomic mass is 14.4. The Bertz CT molecular complexity index is 746. The van der Waals surface area contributed by atoms with Crippen molar-refractivity contribution >= 4 is 11.1 Å². The van der Waals surface area contributed by atoms with Crippen LogP contribution in [0.2, 0.25) is 0 Å². The highest BCUT2D eigenvalue weighted by Crippen LogP contribution is 2.50. The van der Waals surface area contributed by atoms with E-state index in [1.54, 1.807) is 0 Å². The van der Waals surface area contributed by atoms with Gasteiger partial charge < -0.3 is 0 Å². The van der Waals surface area contributed by atoms with Gasteiger partial charge in [-0.25, -0.2) is 0 Å². The van der Waals surface area contributed by atoms with Crippen LogP contribution in [0.3, 0.4) is 0 Å². The molecular weight excluding hydrogens is 230 g/mol. The molecule has 90 valence electrons. The van der Waals surface area contributed by atoms with E-state index in [-0.39, 0.29) is 5.92 Å². The predicted octanol–water partition coefficient (Wildman–Crippen LogP) is 4.05. The third kappa shape index (κ3) is 1.40. The maximum absolute atomic E-state index is 9.31. The molecule has 0 saturated heterocycles. The van der Waals surface area contributed by atoms with Gasteiger partial charge in [0, 0.05) is 0 Å². The first-order chi connectivity index (χ1) is 9.38. The van der Waals surface area contributed by atoms with Crippen molar-refractivity contribution < 1.29 is 0 Å². The van der Waals surface area contributed by atoms with Crippen molar-refractivity contribution in [3.05, 3.63) is 70.8 Å². The topological polar surface area (TPSA) is 23.8 Å². The number of hydrogen-bond acceptors (Lipinski definition) is 1. The van der Waals surface area contributed by atoms with Crippen LogP contribution >= 0.6 is 0 Å². The van der Waals surface area contributed by atoms with E-state index in [0.29, 0.717) is 0 Å². The molecule has 0 aliphatic heterocycles. The minimum absolute atomic E-state index is 0.0716. The van der Waals surface area contributed by atoms with Crippen molar-refractivity contribution in [1.82, 2.24) is 0 Å². The summed E-state index contributed by atoms with van der Waals surface area (Å²) >= 11 is 0. The average Bonchev–Trinajstić information content (AvgIpc) is 2.52. The van der Waals surface area contributed by atoms with Gasteiger partial charge in [-0.1, -0.05) is 48.5 Å². The van der Waals surface area contributed by atoms with Crippen molar-refractivity contribution in [2.24, 2.45) is 5.92 Å². The van der Waals surface area contributed by atoms with Gasteiger partial charge in [0.1, 0.15) is 0 Å². The molecule has 0 saturated carbocycles. The number of hydrogen-bond donors (Lipinski definition) is 0. The molecule has 0 N–H and O–H groups in total. The van der Waals surface area contributed by atoms with Gasteiger partial charge in [-0.05, 0) is 46.2 Å². The van der Waals surface area contributed by atoms with Crippen LogP contribution in [0.25, 0.3) is 11.1 Å². The van der Waals surface area contributed by atoms with Crippen LogP contribution in [-0.4, -0.2) is 0 Å². The summed E-state index contributed by atoms with van der Waals surface area (Å²) in [6.45, 7) is 0. The molecule has 0 aromatic heterocycles. The monoisotopic (exact) mass is 243 g/mol. The summed E-state index contributed by atoms with van der Waals surface area (Å²) in [4.78, 5) is 0. The van der Waals surface area contributed by atoms with Gasteiger partial charge in [-0.3, -0.25) is 0 Å². The van der Waals surface area contributed by atoms with E-state index in [1.165, 1.54) is 33.4 Å². The Labute approximate surface area is 112 Å². The van der Waals surface area contributed by atoms with Crippen molar-refractivity contribution in [2.45, 2.75) is 12.8 Å². The third-order valence-electron chi connectivity index (χ3n) is 4.27. The van der Waals surface area contributed by atoms with E-state index in [2.05, 4.69) is 54.6 Å². The highest BCUT2D eigenvalue weighted by molar-refractivity contribution is 6.01. The maximum atomic E-state index is 9.31. The molecule has 2 aliphatic rings. The summed E-state index contributed by atoms with van der Waals surface area (Å²) < 4.78 is 0. The molecule has 0 heterocycles. The summed E-state index contributed by atoms with van der Waals surface area (Å²) in [5.41, 5.74) is 8.01. The quantitative estimate of drug-likeness (QED) is 0.685. The van der Waals surface area contributed by atoms with Crippen LogP contribution in [0, 0.1) is 17.2 Å². The maximum Gasteiger partial charge on any atom is 0.0762 e. The summed E-state index contributed by atoms with van der Waals surface area (Å²) in [6.07, 6.45) is 1.87. The third-order valence-corrected chi connectivity index (χ3v) is 4.27. The van der Waals surface area contributed by atoms with Crippen molar-refractivity contribution in [3.8, 4) is 6.07 Å². The Kier molecular flexibility index (Phi) is 2.13. The smallest absolute Gasteiger partial charge is 0.0762 e. The molecule has 1 nitrogen and oxygen atoms in total. The van der Waals surface area contributed by atoms with Gasteiger partial charge in [0.2, 0.25) is 0 Å². The standard InChI is InChI=1S/C18H13N/c19-11-14-10-17-15-7-3-1-5-12(15)9-13-6-2-4-8-16(13)18(14)17/h1-8,14H,9-10H2. The molecule has 1 heteroatoms. The molecule has 2 aromatic carbocycles. The van der Waals surface area contributed by atoms with Gasteiger partial charge in [0.25, 0.3) is 0 Å². The lowest BCUT2D eigenvalue weighted by molar-refractivity contribution is 0.826. The van der Waals surface area contributed by atoms with Crippen molar-refractivity contribution in [1.29, 1.82) is 5.26 Å². The summed E-state index contributed by atoms with van der Waals surface area (Å²) in [7, 11) is 0. The summed E-state index contributed by atoms with van der Waals surface area (Å²) in [5.74, 6) is 0.0716. The van der Waals surface area contributed by atoms with Crippen molar-refractivity contribution in [2.75, 3.05) is 0 Å². The fraction of sp³-hybridized carbons (Fsp3) is 0.167. The first-order valence-electron chi connectivity index (χ1n) is 6.67. The van der Waals surface area contributed by atoms with Crippen LogP contribution in [0.1, 0.15) is 28.7 Å². The first kappa shape index (κ1) is 10.6. The molecule has 2 aliphatic carbocycles. The molecule has 1 atom stereocenters. The normalized spacial score (nSPS) is 19.4. The van der Waals surface area contributed by atoms with Gasteiger partial charge in [0.05, 0.1) is 12.0 Å². The molecule has 0 amide bonds. The van der Waals surface area contributed by atoms with Crippen LogP contribution in [0.4, 0.5) is 0 Å². The fourth-order valence-corrected chi connectivity index (χ4v) is 3.32. The van der Waals surface area contributed by atoms with E-state index >= 15 is 0 Å². The Hall–Kier alpha value is -2.33. The molecule has 1 unspecified atom stereocenters. The van der Waals surface area contributed by atoms with Crippen LogP contribution in [0.5, 0.6) is 0 Å². The number of allylic oxidation sites excluding steroid dienone is 2. The van der Waals surface area contributed by atoms with E-state index in [9.17, 15) is 5.26 Å². The second-order valence-corrected chi connectivity index (χ2v) is 5.27. The molecule has 19 heavy (non-hydrogen) atoms. The van der Waals surface area contributed by atoms with Crippen LogP contribution in [-0.2, 0) is 6.42 Å². The Morgan fingerprint density at radius 1 is 0.895 bits per heavy atom. The second kappa shape index (κ2) is 3.83. The van der Waals surface area contributed by atoms with E-state index in [1.807, 2.05) is 0 Å². The van der Waals surface area contributed by atoms with E-state index < -0.39 is 0 Å². The average molecular weight is 243 g/mol. The Morgan fingerprint density at radius 3 is 2.26 bits per heavy atom. The second-order valence-electron chi connectivity index (χ2n) is 5.27. The van der Waals surface area contributed by atoms with E-state index in [4.69, 9.17) is 0 Å². The highest BCUT2D eigenvalue weighted by Gasteiger charge is 2.34. The minimum Gasteiger partial charge on any atom is -0.198 e. The van der Waals surface area contributed by atoms with Crippen LogP contribution in [0.15, 0.2) is 48.5 Å². The van der Waals surface area contributed by atoms with Gasteiger partial charge in [0.15, 0.2) is 0 Å². The summed E-state index contributed by atoms with van der Waals surface area (Å²) in [6, 6.07) is 19.6. The lowest BCUT2D eigenvalue weighted by atomic mass is 9.72. The molecule has 4 rings (SSSR count). The number of rotatable bonds is 0. The molecule has 0 fully saturated rings. The largest absolute Gasteiger partial charge is 0.198 e. The van der Waals surface area contributed by atoms with Gasteiger partial charge >= 0.3 is 0 Å². The lowest BCUT2D eigenvalue weighted by Gasteiger charge is -2.29. The fourth-order valence-electron chi connectivity index (χ4n) is 3.32. The zero-order valence-corrected chi connectivity index (χ0v) is 10.6. The predicted molar refractivity (Wildman–Crippen MR) is 76.2 cm³/mol. The number of nitrogens with zero attached hydrogens (tertiary/aromatic N) is 1. The Balaban J connectivity index is 2.04. The first-order valence-corrected chi connectivity index (χ1v) is 6.67. The van der Waals surface area contributed by atoms with Crippen molar-refractivity contribution in [3.63, 3.8) is 0 Å². The molecule has 0 spiro atoms. The van der Waals surface area contributed by atoms with Gasteiger partial charge in [-0.15, -0.1) is 0 Å². The molecule has 0 bridgehead atoms. The number of fused-ring (bicyclic) bond motifs is 4. The zero-order chi connectivity index (χ0) is 12.8. The number of benzene rings is 2. The summed E-state index contributed by atoms with van der Waals surface area (Å²) in [5, 5.41) is 9.31. The zero-order valence-electron chi connectivity index (χ0n) is 10.6.